The van der Waals surface area contributed by atoms with Crippen molar-refractivity contribution in [2.75, 3.05) is 0 Å². The van der Waals surface area contributed by atoms with Crippen LogP contribution in [0.1, 0.15) is 30.7 Å². The highest BCUT2D eigenvalue weighted by atomic mass is 16.1. The number of ketones is 1. The summed E-state index contributed by atoms with van der Waals surface area (Å²) in [4.78, 5) is 22.0. The molecule has 0 spiro atoms. The van der Waals surface area contributed by atoms with Gasteiger partial charge < -0.3 is 0 Å². The summed E-state index contributed by atoms with van der Waals surface area (Å²) in [7, 11) is 0. The summed E-state index contributed by atoms with van der Waals surface area (Å²) in [6.45, 7) is 0. The lowest BCUT2D eigenvalue weighted by Crippen LogP contribution is -2.24. The van der Waals surface area contributed by atoms with E-state index in [-0.39, 0.29) is 11.7 Å². The Balaban J connectivity index is 1.75. The van der Waals surface area contributed by atoms with E-state index in [4.69, 9.17) is 0 Å². The van der Waals surface area contributed by atoms with Gasteiger partial charge in [-0.15, -0.1) is 0 Å². The number of nitrogens with zero attached hydrogens (tertiary/aromatic N) is 2. The van der Waals surface area contributed by atoms with E-state index in [0.717, 1.165) is 5.57 Å². The molecule has 4 atom stereocenters. The molecule has 2 aromatic rings. The van der Waals surface area contributed by atoms with Crippen molar-refractivity contribution in [3.8, 4) is 0 Å². The van der Waals surface area contributed by atoms with Crippen molar-refractivity contribution in [2.45, 2.75) is 19.3 Å². The van der Waals surface area contributed by atoms with Crippen LogP contribution in [-0.4, -0.2) is 15.8 Å². The molecule has 0 radical (unpaired) electrons. The number of Topliss-reactive ketones (excluding diaryl/α,β-unsaturated/α-hetero) is 1. The van der Waals surface area contributed by atoms with Crippen molar-refractivity contribution < 1.29 is 4.79 Å². The Labute approximate surface area is 135 Å². The third kappa shape index (κ3) is 1.79. The van der Waals surface area contributed by atoms with Crippen molar-refractivity contribution in [2.24, 2.45) is 23.7 Å². The van der Waals surface area contributed by atoms with E-state index in [2.05, 4.69) is 34.2 Å². The minimum Gasteiger partial charge on any atom is -0.294 e. The molecule has 2 fully saturated rings. The van der Waals surface area contributed by atoms with Crippen molar-refractivity contribution >= 4 is 16.9 Å². The standard InChI is InChI=1S/C20H18N2O/c23-19-17-14-8-7-13(11-14)16(17)15(12-5-2-1-3-6-12)18(19)20-21-9-4-10-22-20/h1-6,9-10,13-14,16-17H,7-8,11H2/t13-,14+,16-,17-/m0/s1. The van der Waals surface area contributed by atoms with Gasteiger partial charge in [0.2, 0.25) is 0 Å². The number of fused-ring (bicyclic) bond motifs is 5. The number of aromatic nitrogens is 2. The van der Waals surface area contributed by atoms with Crippen LogP contribution in [0, 0.1) is 23.7 Å². The first kappa shape index (κ1) is 13.2. The molecule has 23 heavy (non-hydrogen) atoms. The van der Waals surface area contributed by atoms with Gasteiger partial charge in [-0.25, -0.2) is 9.97 Å². The molecule has 0 unspecified atom stereocenters. The Bertz CT molecular complexity index is 797. The molecule has 0 aliphatic heterocycles. The molecule has 0 amide bonds. The van der Waals surface area contributed by atoms with Crippen molar-refractivity contribution in [1.82, 2.24) is 9.97 Å². The van der Waals surface area contributed by atoms with Crippen LogP contribution in [0.25, 0.3) is 11.1 Å². The highest BCUT2D eigenvalue weighted by Gasteiger charge is 2.57. The van der Waals surface area contributed by atoms with Gasteiger partial charge in [0.15, 0.2) is 11.6 Å². The van der Waals surface area contributed by atoms with Crippen molar-refractivity contribution in [3.63, 3.8) is 0 Å². The van der Waals surface area contributed by atoms with Gasteiger partial charge in [-0.1, -0.05) is 30.3 Å². The molecule has 3 aliphatic rings. The van der Waals surface area contributed by atoms with E-state index in [1.807, 2.05) is 6.07 Å². The Hall–Kier alpha value is -2.29. The average Bonchev–Trinajstić information content (AvgIpc) is 3.29. The number of hydrogen-bond donors (Lipinski definition) is 0. The average molecular weight is 302 g/mol. The lowest BCUT2D eigenvalue weighted by atomic mass is 9.77. The monoisotopic (exact) mass is 302 g/mol. The summed E-state index contributed by atoms with van der Waals surface area (Å²) in [5.41, 5.74) is 3.16. The van der Waals surface area contributed by atoms with E-state index in [1.165, 1.54) is 30.4 Å². The molecule has 0 N–H and O–H groups in total. The lowest BCUT2D eigenvalue weighted by molar-refractivity contribution is -0.118. The first-order valence-electron chi connectivity index (χ1n) is 8.46. The van der Waals surface area contributed by atoms with Gasteiger partial charge >= 0.3 is 0 Å². The predicted molar refractivity (Wildman–Crippen MR) is 88.1 cm³/mol. The Morgan fingerprint density at radius 1 is 0.870 bits per heavy atom. The molecule has 1 heterocycles. The van der Waals surface area contributed by atoms with E-state index in [9.17, 15) is 4.79 Å². The summed E-state index contributed by atoms with van der Waals surface area (Å²) in [5, 5.41) is 0. The Kier molecular flexibility index (Phi) is 2.78. The van der Waals surface area contributed by atoms with Crippen LogP contribution in [0.15, 0.2) is 48.8 Å². The fraction of sp³-hybridized carbons (Fsp3) is 0.350. The van der Waals surface area contributed by atoms with Crippen LogP contribution >= 0.6 is 0 Å². The van der Waals surface area contributed by atoms with Gasteiger partial charge in [0, 0.05) is 18.3 Å². The van der Waals surface area contributed by atoms with Gasteiger partial charge in [-0.3, -0.25) is 4.79 Å². The van der Waals surface area contributed by atoms with Gasteiger partial charge in [0.1, 0.15) is 0 Å². The first-order valence-corrected chi connectivity index (χ1v) is 8.46. The van der Waals surface area contributed by atoms with Crippen LogP contribution < -0.4 is 0 Å². The molecule has 114 valence electrons. The maximum absolute atomic E-state index is 13.2. The maximum atomic E-state index is 13.2. The number of benzene rings is 1. The highest BCUT2D eigenvalue weighted by molar-refractivity contribution is 6.32. The third-order valence-corrected chi connectivity index (χ3v) is 5.94. The van der Waals surface area contributed by atoms with E-state index in [1.54, 1.807) is 18.5 Å². The molecule has 1 aromatic carbocycles. The highest BCUT2D eigenvalue weighted by Crippen LogP contribution is 2.62. The third-order valence-electron chi connectivity index (χ3n) is 5.94. The lowest BCUT2D eigenvalue weighted by Gasteiger charge is -2.26. The second-order valence-corrected chi connectivity index (χ2v) is 6.98. The van der Waals surface area contributed by atoms with E-state index in [0.29, 0.717) is 23.6 Å². The fourth-order valence-corrected chi connectivity index (χ4v) is 5.16. The number of rotatable bonds is 2. The SMILES string of the molecule is O=C1C(c2ncccn2)=C(c2ccccc2)[C@@H]2[C@H]3CC[C@H](C3)[C@H]12. The molecule has 2 bridgehead atoms. The van der Waals surface area contributed by atoms with Crippen molar-refractivity contribution in [1.29, 1.82) is 0 Å². The van der Waals surface area contributed by atoms with E-state index >= 15 is 0 Å². The summed E-state index contributed by atoms with van der Waals surface area (Å²) < 4.78 is 0. The minimum absolute atomic E-state index is 0.169. The van der Waals surface area contributed by atoms with Crippen molar-refractivity contribution in [3.05, 3.63) is 60.2 Å². The normalized spacial score (nSPS) is 31.7. The first-order chi connectivity index (χ1) is 11.3. The summed E-state index contributed by atoms with van der Waals surface area (Å²) in [6.07, 6.45) is 7.16. The molecule has 1 aromatic heterocycles. The minimum atomic E-state index is 0.169. The molecule has 5 rings (SSSR count). The van der Waals surface area contributed by atoms with Crippen LogP contribution in [0.2, 0.25) is 0 Å². The van der Waals surface area contributed by atoms with Crippen LogP contribution in [0.5, 0.6) is 0 Å². The summed E-state index contributed by atoms with van der Waals surface area (Å²) >= 11 is 0. The number of carbonyl (C=O) groups is 1. The zero-order valence-electron chi connectivity index (χ0n) is 12.9. The van der Waals surface area contributed by atoms with Gasteiger partial charge in [-0.2, -0.15) is 0 Å². The fourth-order valence-electron chi connectivity index (χ4n) is 5.16. The van der Waals surface area contributed by atoms with Gasteiger partial charge in [-0.05, 0) is 54.2 Å². The van der Waals surface area contributed by atoms with Crippen LogP contribution in [0.4, 0.5) is 0 Å². The van der Waals surface area contributed by atoms with E-state index < -0.39 is 0 Å². The second kappa shape index (κ2) is 4.85. The summed E-state index contributed by atoms with van der Waals surface area (Å²) in [5.74, 6) is 2.66. The second-order valence-electron chi connectivity index (χ2n) is 6.98. The quantitative estimate of drug-likeness (QED) is 0.850. The maximum Gasteiger partial charge on any atom is 0.170 e. The number of carbonyl (C=O) groups excluding carboxylic acids is 1. The topological polar surface area (TPSA) is 42.9 Å². The van der Waals surface area contributed by atoms with Crippen LogP contribution in [-0.2, 0) is 4.79 Å². The molecule has 0 saturated heterocycles. The molecule has 2 saturated carbocycles. The molecule has 3 nitrogen and oxygen atoms in total. The smallest absolute Gasteiger partial charge is 0.170 e. The summed E-state index contributed by atoms with van der Waals surface area (Å²) in [6, 6.07) is 12.2. The largest absolute Gasteiger partial charge is 0.294 e. The molecular weight excluding hydrogens is 284 g/mol. The Morgan fingerprint density at radius 2 is 1.57 bits per heavy atom. The van der Waals surface area contributed by atoms with Crippen LogP contribution in [0.3, 0.4) is 0 Å². The Morgan fingerprint density at radius 3 is 2.30 bits per heavy atom. The molecule has 3 heteroatoms. The molecular formula is C20H18N2O. The number of hydrogen-bond acceptors (Lipinski definition) is 3. The predicted octanol–water partition coefficient (Wildman–Crippen LogP) is 3.63. The zero-order valence-corrected chi connectivity index (χ0v) is 12.9. The van der Waals surface area contributed by atoms with Gasteiger partial charge in [0.25, 0.3) is 0 Å². The molecule has 3 aliphatic carbocycles. The zero-order chi connectivity index (χ0) is 15.4. The van der Waals surface area contributed by atoms with Gasteiger partial charge in [0.05, 0.1) is 5.57 Å². The number of allylic oxidation sites excluding steroid dienone is 2.